The molecule has 1 amide bonds. The SMILES string of the molecule is CC#CCN(C(=O)CCSCCC(F)(F)F)c1cn(-c2cccnc2)nc1Cl. The van der Waals surface area contributed by atoms with Crippen LogP contribution in [0.5, 0.6) is 0 Å². The van der Waals surface area contributed by atoms with Gasteiger partial charge in [0.25, 0.3) is 0 Å². The van der Waals surface area contributed by atoms with Crippen LogP contribution in [0.25, 0.3) is 5.69 Å². The Morgan fingerprint density at radius 1 is 1.39 bits per heavy atom. The molecule has 10 heteroatoms. The van der Waals surface area contributed by atoms with Gasteiger partial charge in [0.2, 0.25) is 5.91 Å². The van der Waals surface area contributed by atoms with E-state index in [1.54, 1.807) is 37.6 Å². The van der Waals surface area contributed by atoms with Crippen molar-refractivity contribution < 1.29 is 18.0 Å². The van der Waals surface area contributed by atoms with E-state index in [2.05, 4.69) is 21.9 Å². The van der Waals surface area contributed by atoms with Gasteiger partial charge in [-0.2, -0.15) is 30.0 Å². The Labute approximate surface area is 170 Å². The van der Waals surface area contributed by atoms with Crippen LogP contribution in [-0.4, -0.2) is 44.9 Å². The number of alkyl halides is 3. The van der Waals surface area contributed by atoms with Gasteiger partial charge in [0, 0.05) is 24.1 Å². The van der Waals surface area contributed by atoms with E-state index < -0.39 is 12.6 Å². The van der Waals surface area contributed by atoms with E-state index in [1.165, 1.54) is 9.58 Å². The molecule has 0 aliphatic heterocycles. The fourth-order valence-corrected chi connectivity index (χ4v) is 3.33. The number of aromatic nitrogens is 3. The van der Waals surface area contributed by atoms with Crippen LogP contribution < -0.4 is 4.90 Å². The highest BCUT2D eigenvalue weighted by molar-refractivity contribution is 7.99. The van der Waals surface area contributed by atoms with Gasteiger partial charge in [-0.1, -0.05) is 17.5 Å². The van der Waals surface area contributed by atoms with Crippen LogP contribution in [0.4, 0.5) is 18.9 Å². The van der Waals surface area contributed by atoms with E-state index in [0.29, 0.717) is 11.4 Å². The summed E-state index contributed by atoms with van der Waals surface area (Å²) >= 11 is 7.31. The van der Waals surface area contributed by atoms with Crippen molar-refractivity contribution in [2.75, 3.05) is 23.0 Å². The maximum absolute atomic E-state index is 12.6. The highest BCUT2D eigenvalue weighted by atomic mass is 35.5. The van der Waals surface area contributed by atoms with Crippen LogP contribution in [0.15, 0.2) is 30.7 Å². The minimum atomic E-state index is -4.19. The second-order valence-electron chi connectivity index (χ2n) is 5.60. The summed E-state index contributed by atoms with van der Waals surface area (Å²) in [6.45, 7) is 1.76. The molecule has 0 saturated carbocycles. The van der Waals surface area contributed by atoms with Gasteiger partial charge >= 0.3 is 6.18 Å². The first-order chi connectivity index (χ1) is 13.3. The molecule has 0 bridgehead atoms. The topological polar surface area (TPSA) is 51.0 Å². The largest absolute Gasteiger partial charge is 0.389 e. The number of hydrogen-bond acceptors (Lipinski definition) is 4. The number of halogens is 4. The lowest BCUT2D eigenvalue weighted by Crippen LogP contribution is -2.31. The lowest BCUT2D eigenvalue weighted by Gasteiger charge is -2.19. The first-order valence-corrected chi connectivity index (χ1v) is 9.85. The van der Waals surface area contributed by atoms with Crippen molar-refractivity contribution >= 4 is 35.0 Å². The van der Waals surface area contributed by atoms with Crippen molar-refractivity contribution in [1.82, 2.24) is 14.8 Å². The Balaban J connectivity index is 2.07. The predicted octanol–water partition coefficient (Wildman–Crippen LogP) is 4.35. The van der Waals surface area contributed by atoms with Crippen LogP contribution >= 0.6 is 23.4 Å². The molecule has 150 valence electrons. The average molecular weight is 431 g/mol. The smallest absolute Gasteiger partial charge is 0.296 e. The number of pyridine rings is 1. The quantitative estimate of drug-likeness (QED) is 0.461. The third-order valence-electron chi connectivity index (χ3n) is 3.56. The monoisotopic (exact) mass is 430 g/mol. The molecular weight excluding hydrogens is 413 g/mol. The molecule has 2 heterocycles. The van der Waals surface area contributed by atoms with Gasteiger partial charge in [-0.05, 0) is 19.1 Å². The Morgan fingerprint density at radius 2 is 2.18 bits per heavy atom. The number of nitrogens with zero attached hydrogens (tertiary/aromatic N) is 4. The van der Waals surface area contributed by atoms with Crippen molar-refractivity contribution in [3.63, 3.8) is 0 Å². The number of hydrogen-bond donors (Lipinski definition) is 0. The van der Waals surface area contributed by atoms with Crippen LogP contribution in [-0.2, 0) is 4.79 Å². The zero-order valence-electron chi connectivity index (χ0n) is 15.0. The highest BCUT2D eigenvalue weighted by Gasteiger charge is 2.26. The molecule has 0 unspecified atom stereocenters. The van der Waals surface area contributed by atoms with Crippen LogP contribution in [0.3, 0.4) is 0 Å². The maximum atomic E-state index is 12.6. The van der Waals surface area contributed by atoms with Crippen molar-refractivity contribution in [3.05, 3.63) is 35.9 Å². The van der Waals surface area contributed by atoms with Gasteiger partial charge in [0.1, 0.15) is 5.69 Å². The molecule has 0 aliphatic rings. The highest BCUT2D eigenvalue weighted by Crippen LogP contribution is 2.27. The van der Waals surface area contributed by atoms with Gasteiger partial charge in [0.15, 0.2) is 5.15 Å². The van der Waals surface area contributed by atoms with Crippen molar-refractivity contribution in [1.29, 1.82) is 0 Å². The number of thioether (sulfide) groups is 1. The normalized spacial score (nSPS) is 11.0. The molecule has 0 atom stereocenters. The van der Waals surface area contributed by atoms with Crippen molar-refractivity contribution in [2.45, 2.75) is 25.9 Å². The zero-order valence-corrected chi connectivity index (χ0v) is 16.6. The summed E-state index contributed by atoms with van der Waals surface area (Å²) in [6, 6.07) is 3.53. The zero-order chi connectivity index (χ0) is 20.6. The molecule has 5 nitrogen and oxygen atoms in total. The lowest BCUT2D eigenvalue weighted by molar-refractivity contribution is -0.129. The standard InChI is InChI=1S/C18H18ClF3N4OS/c1-2-3-9-25(16(27)6-10-28-11-7-18(20,21)22)15-13-26(24-17(15)19)14-5-4-8-23-12-14/h4-5,8,12-13H,6-7,9-11H2,1H3. The van der Waals surface area contributed by atoms with Gasteiger partial charge in [-0.25, -0.2) is 4.68 Å². The molecular formula is C18H18ClF3N4OS. The summed E-state index contributed by atoms with van der Waals surface area (Å²) in [5.41, 5.74) is 1.06. The van der Waals surface area contributed by atoms with E-state index in [0.717, 1.165) is 11.8 Å². The minimum absolute atomic E-state index is 0.0717. The van der Waals surface area contributed by atoms with Gasteiger partial charge < -0.3 is 0 Å². The second kappa shape index (κ2) is 10.4. The van der Waals surface area contributed by atoms with E-state index >= 15 is 0 Å². The lowest BCUT2D eigenvalue weighted by atomic mass is 10.3. The van der Waals surface area contributed by atoms with Gasteiger partial charge in [-0.3, -0.25) is 14.7 Å². The van der Waals surface area contributed by atoms with Crippen molar-refractivity contribution in [3.8, 4) is 17.5 Å². The summed E-state index contributed by atoms with van der Waals surface area (Å²) in [4.78, 5) is 18.0. The Bertz CT molecular complexity index is 846. The molecule has 0 spiro atoms. The summed E-state index contributed by atoms with van der Waals surface area (Å²) in [6.07, 6.45) is -0.163. The van der Waals surface area contributed by atoms with E-state index in [4.69, 9.17) is 11.6 Å². The Hall–Kier alpha value is -2.18. The Morgan fingerprint density at radius 3 is 2.82 bits per heavy atom. The molecule has 0 radical (unpaired) electrons. The summed E-state index contributed by atoms with van der Waals surface area (Å²) in [7, 11) is 0. The van der Waals surface area contributed by atoms with Crippen LogP contribution in [0.1, 0.15) is 19.8 Å². The van der Waals surface area contributed by atoms with Gasteiger partial charge in [-0.15, -0.1) is 5.92 Å². The number of anilines is 1. The number of rotatable bonds is 8. The molecule has 2 rings (SSSR count). The number of carbonyl (C=O) groups excluding carboxylic acids is 1. The third-order valence-corrected chi connectivity index (χ3v) is 4.81. The van der Waals surface area contributed by atoms with Crippen LogP contribution in [0.2, 0.25) is 5.15 Å². The van der Waals surface area contributed by atoms with Crippen LogP contribution in [0, 0.1) is 11.8 Å². The van der Waals surface area contributed by atoms with Crippen molar-refractivity contribution in [2.24, 2.45) is 0 Å². The molecule has 0 saturated heterocycles. The molecule has 0 N–H and O–H groups in total. The average Bonchev–Trinajstić information content (AvgIpc) is 3.03. The molecule has 2 aromatic rings. The van der Waals surface area contributed by atoms with E-state index in [1.807, 2.05) is 0 Å². The molecule has 0 aromatic carbocycles. The Kier molecular flexibility index (Phi) is 8.20. The molecule has 0 aliphatic carbocycles. The summed E-state index contributed by atoms with van der Waals surface area (Å²) < 4.78 is 38.1. The number of amides is 1. The minimum Gasteiger partial charge on any atom is -0.296 e. The number of carbonyl (C=O) groups is 1. The fraction of sp³-hybridized carbons (Fsp3) is 0.389. The molecule has 2 aromatic heterocycles. The summed E-state index contributed by atoms with van der Waals surface area (Å²) in [5.74, 6) is 5.45. The van der Waals surface area contributed by atoms with E-state index in [-0.39, 0.29) is 35.5 Å². The summed E-state index contributed by atoms with van der Waals surface area (Å²) in [5, 5.41) is 4.32. The molecule has 0 fully saturated rings. The first kappa shape index (κ1) is 22.1. The third kappa shape index (κ3) is 6.77. The van der Waals surface area contributed by atoms with Gasteiger partial charge in [0.05, 0.1) is 31.0 Å². The maximum Gasteiger partial charge on any atom is 0.389 e. The van der Waals surface area contributed by atoms with E-state index in [9.17, 15) is 18.0 Å². The second-order valence-corrected chi connectivity index (χ2v) is 7.18. The first-order valence-electron chi connectivity index (χ1n) is 8.32. The molecule has 28 heavy (non-hydrogen) atoms. The fourth-order valence-electron chi connectivity index (χ4n) is 2.20. The predicted molar refractivity (Wildman–Crippen MR) is 105 cm³/mol.